The van der Waals surface area contributed by atoms with Crippen LogP contribution in [0.2, 0.25) is 0 Å². The number of terminal acetylenes is 1. The number of hydrogen-bond donors (Lipinski definition) is 1. The summed E-state index contributed by atoms with van der Waals surface area (Å²) in [5.74, 6) is 1.72. The molecule has 1 radical (unpaired) electrons. The van der Waals surface area contributed by atoms with Gasteiger partial charge in [-0.3, -0.25) is 4.79 Å². The summed E-state index contributed by atoms with van der Waals surface area (Å²) in [7, 11) is 0. The summed E-state index contributed by atoms with van der Waals surface area (Å²) in [6.07, 6.45) is 6.17. The number of allylic oxidation sites excluding steroid dienone is 1. The van der Waals surface area contributed by atoms with Gasteiger partial charge in [-0.1, -0.05) is 5.92 Å². The molecule has 2 nitrogen and oxygen atoms in total. The van der Waals surface area contributed by atoms with Gasteiger partial charge in [0.2, 0.25) is 5.91 Å². The Balaban J connectivity index is 0. The number of primary amides is 1. The van der Waals surface area contributed by atoms with Gasteiger partial charge in [0.15, 0.2) is 0 Å². The standard InChI is InChI=1S/C6H7NO.V/c1-3-4-5(2)6(7)8;/h1,4H,2H3,(H2,7,8);/b5-4+;. The van der Waals surface area contributed by atoms with Gasteiger partial charge in [-0.2, -0.15) is 0 Å². The van der Waals surface area contributed by atoms with Crippen LogP contribution in [0, 0.1) is 12.3 Å². The molecular weight excluding hydrogens is 153 g/mol. The monoisotopic (exact) mass is 160 g/mol. The number of nitrogens with two attached hydrogens (primary N) is 1. The molecule has 0 saturated carbocycles. The molecule has 2 N–H and O–H groups in total. The Morgan fingerprint density at radius 2 is 2.22 bits per heavy atom. The maximum atomic E-state index is 10.1. The van der Waals surface area contributed by atoms with Crippen molar-refractivity contribution in [1.82, 2.24) is 0 Å². The van der Waals surface area contributed by atoms with Crippen LogP contribution in [0.1, 0.15) is 6.92 Å². The number of carbonyl (C=O) groups excluding carboxylic acids is 1. The van der Waals surface area contributed by atoms with Crippen LogP contribution in [0.15, 0.2) is 11.6 Å². The molecule has 0 aliphatic heterocycles. The molecule has 1 amide bonds. The minimum absolute atomic E-state index is 0. The quantitative estimate of drug-likeness (QED) is 0.427. The number of carbonyl (C=O) groups is 1. The molecule has 3 heteroatoms. The zero-order chi connectivity index (χ0) is 6.57. The summed E-state index contributed by atoms with van der Waals surface area (Å²) >= 11 is 0. The van der Waals surface area contributed by atoms with E-state index in [-0.39, 0.29) is 18.6 Å². The van der Waals surface area contributed by atoms with E-state index in [1.807, 2.05) is 0 Å². The summed E-state index contributed by atoms with van der Waals surface area (Å²) in [4.78, 5) is 10.1. The van der Waals surface area contributed by atoms with Crippen LogP contribution in [-0.4, -0.2) is 5.91 Å². The zero-order valence-corrected chi connectivity index (χ0v) is 6.48. The second-order valence-electron chi connectivity index (χ2n) is 1.36. The summed E-state index contributed by atoms with van der Waals surface area (Å²) in [6.45, 7) is 1.57. The van der Waals surface area contributed by atoms with Gasteiger partial charge >= 0.3 is 0 Å². The SMILES string of the molecule is C#C/C=C(\C)C(N)=O.[V]. The largest absolute Gasteiger partial charge is 0.366 e. The van der Waals surface area contributed by atoms with Crippen molar-refractivity contribution in [3.05, 3.63) is 11.6 Å². The van der Waals surface area contributed by atoms with E-state index in [2.05, 4.69) is 5.92 Å². The normalized spacial score (nSPS) is 9.11. The second-order valence-corrected chi connectivity index (χ2v) is 1.36. The zero-order valence-electron chi connectivity index (χ0n) is 5.09. The van der Waals surface area contributed by atoms with Gasteiger partial charge in [0.25, 0.3) is 0 Å². The van der Waals surface area contributed by atoms with Crippen molar-refractivity contribution in [3.8, 4) is 12.3 Å². The summed E-state index contributed by atoms with van der Waals surface area (Å²) in [5.41, 5.74) is 5.23. The Morgan fingerprint density at radius 1 is 1.78 bits per heavy atom. The van der Waals surface area contributed by atoms with E-state index in [1.165, 1.54) is 6.08 Å². The molecule has 0 aromatic rings. The van der Waals surface area contributed by atoms with Crippen molar-refractivity contribution in [3.63, 3.8) is 0 Å². The number of amides is 1. The molecule has 0 saturated heterocycles. The van der Waals surface area contributed by atoms with E-state index in [9.17, 15) is 4.79 Å². The van der Waals surface area contributed by atoms with Gasteiger partial charge < -0.3 is 5.73 Å². The van der Waals surface area contributed by atoms with Crippen LogP contribution in [0.25, 0.3) is 0 Å². The van der Waals surface area contributed by atoms with Gasteiger partial charge in [0.1, 0.15) is 0 Å². The van der Waals surface area contributed by atoms with Crippen LogP contribution in [0.5, 0.6) is 0 Å². The van der Waals surface area contributed by atoms with Crippen molar-refractivity contribution >= 4 is 5.91 Å². The van der Waals surface area contributed by atoms with Crippen molar-refractivity contribution in [2.75, 3.05) is 0 Å². The van der Waals surface area contributed by atoms with Crippen molar-refractivity contribution in [2.45, 2.75) is 6.92 Å². The summed E-state index contributed by atoms with van der Waals surface area (Å²) in [5, 5.41) is 0. The molecule has 0 aromatic carbocycles. The predicted molar refractivity (Wildman–Crippen MR) is 31.8 cm³/mol. The molecule has 0 heterocycles. The smallest absolute Gasteiger partial charge is 0.244 e. The van der Waals surface area contributed by atoms with E-state index < -0.39 is 5.91 Å². The summed E-state index contributed by atoms with van der Waals surface area (Å²) < 4.78 is 0. The predicted octanol–water partition coefficient (Wildman–Crippen LogP) is 0.0487. The van der Waals surface area contributed by atoms with Gasteiger partial charge in [-0.15, -0.1) is 6.42 Å². The third-order valence-corrected chi connectivity index (χ3v) is 0.688. The third-order valence-electron chi connectivity index (χ3n) is 0.688. The van der Waals surface area contributed by atoms with E-state index >= 15 is 0 Å². The molecule has 0 atom stereocenters. The third kappa shape index (κ3) is 5.22. The van der Waals surface area contributed by atoms with Gasteiger partial charge in [-0.25, -0.2) is 0 Å². The first-order valence-electron chi connectivity index (χ1n) is 2.11. The fraction of sp³-hybridized carbons (Fsp3) is 0.167. The Kier molecular flexibility index (Phi) is 6.83. The Morgan fingerprint density at radius 3 is 2.33 bits per heavy atom. The Hall–Kier alpha value is -0.646. The van der Waals surface area contributed by atoms with Crippen molar-refractivity contribution in [2.24, 2.45) is 5.73 Å². The summed E-state index contributed by atoms with van der Waals surface area (Å²) in [6, 6.07) is 0. The molecule has 0 aliphatic rings. The van der Waals surface area contributed by atoms with Gasteiger partial charge in [-0.05, 0) is 13.0 Å². The Bertz CT molecular complexity index is 166. The maximum Gasteiger partial charge on any atom is 0.244 e. The fourth-order valence-electron chi connectivity index (χ4n) is 0.196. The minimum atomic E-state index is -0.469. The van der Waals surface area contributed by atoms with Gasteiger partial charge in [0.05, 0.1) is 0 Å². The molecule has 0 aliphatic carbocycles. The number of rotatable bonds is 1. The van der Waals surface area contributed by atoms with E-state index in [1.54, 1.807) is 6.92 Å². The van der Waals surface area contributed by atoms with Crippen LogP contribution >= 0.6 is 0 Å². The van der Waals surface area contributed by atoms with Crippen molar-refractivity contribution < 1.29 is 23.4 Å². The fourth-order valence-corrected chi connectivity index (χ4v) is 0.196. The van der Waals surface area contributed by atoms with Crippen molar-refractivity contribution in [1.29, 1.82) is 0 Å². The molecule has 0 rings (SSSR count). The minimum Gasteiger partial charge on any atom is -0.366 e. The van der Waals surface area contributed by atoms with Crippen LogP contribution in [0.3, 0.4) is 0 Å². The van der Waals surface area contributed by atoms with E-state index in [0.717, 1.165) is 0 Å². The van der Waals surface area contributed by atoms with E-state index in [4.69, 9.17) is 12.2 Å². The first-order valence-corrected chi connectivity index (χ1v) is 2.11. The first-order chi connectivity index (χ1) is 3.68. The topological polar surface area (TPSA) is 43.1 Å². The molecule has 0 spiro atoms. The molecule has 0 unspecified atom stereocenters. The van der Waals surface area contributed by atoms with E-state index in [0.29, 0.717) is 5.57 Å². The maximum absolute atomic E-state index is 10.1. The molecule has 0 fully saturated rings. The Labute approximate surface area is 66.4 Å². The first kappa shape index (κ1) is 11.2. The van der Waals surface area contributed by atoms with Crippen LogP contribution < -0.4 is 5.73 Å². The second kappa shape index (κ2) is 5.49. The van der Waals surface area contributed by atoms with Crippen LogP contribution in [-0.2, 0) is 23.4 Å². The average Bonchev–Trinajstić information content (AvgIpc) is 1.67. The number of hydrogen-bond acceptors (Lipinski definition) is 1. The molecule has 0 aromatic heterocycles. The molecule has 9 heavy (non-hydrogen) atoms. The van der Waals surface area contributed by atoms with Crippen LogP contribution in [0.4, 0.5) is 0 Å². The molecule has 47 valence electrons. The molecule has 0 bridgehead atoms. The van der Waals surface area contributed by atoms with Gasteiger partial charge in [0, 0.05) is 24.1 Å². The average molecular weight is 160 g/mol. The molecular formula is C6H7NOV.